The van der Waals surface area contributed by atoms with Crippen LogP contribution in [0.1, 0.15) is 37.8 Å². The van der Waals surface area contributed by atoms with Crippen LogP contribution in [-0.2, 0) is 17.9 Å². The van der Waals surface area contributed by atoms with Crippen molar-refractivity contribution in [3.8, 4) is 0 Å². The Morgan fingerprint density at radius 3 is 2.70 bits per heavy atom. The van der Waals surface area contributed by atoms with Crippen LogP contribution in [-0.4, -0.2) is 13.7 Å². The van der Waals surface area contributed by atoms with E-state index in [1.807, 2.05) is 0 Å². The van der Waals surface area contributed by atoms with Gasteiger partial charge in [0.15, 0.2) is 0 Å². The molecule has 0 aromatic heterocycles. The number of nitrogens with one attached hydrogen (secondary N) is 1. The number of allylic oxidation sites excluding steroid dienone is 2. The number of benzene rings is 1. The van der Waals surface area contributed by atoms with Gasteiger partial charge in [-0.2, -0.15) is 0 Å². The Kier molecular flexibility index (Phi) is 5.81. The summed E-state index contributed by atoms with van der Waals surface area (Å²) in [6.07, 6.45) is 4.98. The van der Waals surface area contributed by atoms with Crippen LogP contribution in [0.15, 0.2) is 35.9 Å². The minimum atomic E-state index is 0.695. The molecule has 0 radical (unpaired) electrons. The highest BCUT2D eigenvalue weighted by Crippen LogP contribution is 2.27. The molecule has 0 fully saturated rings. The van der Waals surface area contributed by atoms with Gasteiger partial charge in [0.25, 0.3) is 0 Å². The van der Waals surface area contributed by atoms with E-state index in [0.29, 0.717) is 6.61 Å². The molecule has 0 saturated heterocycles. The van der Waals surface area contributed by atoms with Crippen LogP contribution in [0.5, 0.6) is 0 Å². The third kappa shape index (κ3) is 4.46. The molecule has 1 N–H and O–H groups in total. The lowest BCUT2D eigenvalue weighted by atomic mass is 9.84. The standard InChI is InChI=1S/C18H27NO/c1-14-8-15(2)10-16(9-14)11-19-12-17-6-4-5-7-18(17)13-20-3/h4-8,14,16,19H,9-13H2,1-3H3. The predicted octanol–water partition coefficient (Wildman–Crippen LogP) is 3.92. The van der Waals surface area contributed by atoms with Crippen molar-refractivity contribution < 1.29 is 4.74 Å². The average molecular weight is 273 g/mol. The molecule has 2 nitrogen and oxygen atoms in total. The average Bonchev–Trinajstić information content (AvgIpc) is 2.40. The van der Waals surface area contributed by atoms with Gasteiger partial charge in [0.2, 0.25) is 0 Å². The SMILES string of the molecule is COCc1ccccc1CNCC1CC(C)=CC(C)C1. The van der Waals surface area contributed by atoms with Crippen molar-refractivity contribution in [2.45, 2.75) is 39.8 Å². The van der Waals surface area contributed by atoms with Crippen molar-refractivity contribution in [3.05, 3.63) is 47.0 Å². The molecule has 0 bridgehead atoms. The number of rotatable bonds is 6. The van der Waals surface area contributed by atoms with Crippen LogP contribution in [0.2, 0.25) is 0 Å². The van der Waals surface area contributed by atoms with Gasteiger partial charge in [-0.3, -0.25) is 0 Å². The Morgan fingerprint density at radius 2 is 2.00 bits per heavy atom. The summed E-state index contributed by atoms with van der Waals surface area (Å²) in [6.45, 7) is 7.32. The second kappa shape index (κ2) is 7.61. The third-order valence-electron chi connectivity index (χ3n) is 4.05. The quantitative estimate of drug-likeness (QED) is 0.793. The van der Waals surface area contributed by atoms with Gasteiger partial charge in [-0.05, 0) is 49.3 Å². The highest BCUT2D eigenvalue weighted by Gasteiger charge is 2.17. The van der Waals surface area contributed by atoms with E-state index < -0.39 is 0 Å². The number of hydrogen-bond acceptors (Lipinski definition) is 2. The fourth-order valence-electron chi connectivity index (χ4n) is 3.28. The Hall–Kier alpha value is -1.12. The molecule has 1 aromatic carbocycles. The van der Waals surface area contributed by atoms with Crippen LogP contribution < -0.4 is 5.32 Å². The second-order valence-electron chi connectivity index (χ2n) is 6.13. The Balaban J connectivity index is 1.83. The topological polar surface area (TPSA) is 21.3 Å². The highest BCUT2D eigenvalue weighted by molar-refractivity contribution is 5.26. The van der Waals surface area contributed by atoms with Gasteiger partial charge >= 0.3 is 0 Å². The van der Waals surface area contributed by atoms with Crippen LogP contribution in [0.3, 0.4) is 0 Å². The van der Waals surface area contributed by atoms with E-state index >= 15 is 0 Å². The lowest BCUT2D eigenvalue weighted by molar-refractivity contribution is 0.184. The Morgan fingerprint density at radius 1 is 1.25 bits per heavy atom. The largest absolute Gasteiger partial charge is 0.380 e. The van der Waals surface area contributed by atoms with Gasteiger partial charge < -0.3 is 10.1 Å². The zero-order valence-corrected chi connectivity index (χ0v) is 13.0. The molecule has 1 aromatic rings. The molecule has 2 atom stereocenters. The first-order valence-corrected chi connectivity index (χ1v) is 7.62. The monoisotopic (exact) mass is 273 g/mol. The van der Waals surface area contributed by atoms with Crippen molar-refractivity contribution in [3.63, 3.8) is 0 Å². The summed E-state index contributed by atoms with van der Waals surface area (Å²) in [5.74, 6) is 1.51. The zero-order valence-electron chi connectivity index (χ0n) is 13.0. The molecule has 1 aliphatic carbocycles. The maximum Gasteiger partial charge on any atom is 0.0716 e. The van der Waals surface area contributed by atoms with Gasteiger partial charge in [0.05, 0.1) is 6.61 Å². The summed E-state index contributed by atoms with van der Waals surface area (Å²) < 4.78 is 5.26. The molecule has 2 unspecified atom stereocenters. The summed E-state index contributed by atoms with van der Waals surface area (Å²) in [5.41, 5.74) is 4.19. The van der Waals surface area contributed by atoms with Gasteiger partial charge in [0, 0.05) is 13.7 Å². The molecule has 0 saturated carbocycles. The summed E-state index contributed by atoms with van der Waals surface area (Å²) >= 11 is 0. The molecule has 0 heterocycles. The molecule has 2 rings (SSSR count). The maximum atomic E-state index is 5.26. The van der Waals surface area contributed by atoms with Crippen molar-refractivity contribution in [1.29, 1.82) is 0 Å². The van der Waals surface area contributed by atoms with Crippen molar-refractivity contribution in [2.75, 3.05) is 13.7 Å². The fraction of sp³-hybridized carbons (Fsp3) is 0.556. The van der Waals surface area contributed by atoms with Gasteiger partial charge in [0.1, 0.15) is 0 Å². The van der Waals surface area contributed by atoms with Crippen molar-refractivity contribution in [1.82, 2.24) is 5.32 Å². The zero-order chi connectivity index (χ0) is 14.4. The molecular weight excluding hydrogens is 246 g/mol. The van der Waals surface area contributed by atoms with Gasteiger partial charge in [-0.15, -0.1) is 0 Å². The Labute approximate surface area is 123 Å². The lowest BCUT2D eigenvalue weighted by Gasteiger charge is -2.25. The molecule has 0 spiro atoms. The summed E-state index contributed by atoms with van der Waals surface area (Å²) in [5, 5.41) is 3.63. The number of ether oxygens (including phenoxy) is 1. The smallest absolute Gasteiger partial charge is 0.0716 e. The van der Waals surface area contributed by atoms with Crippen molar-refractivity contribution in [2.24, 2.45) is 11.8 Å². The van der Waals surface area contributed by atoms with Gasteiger partial charge in [-0.25, -0.2) is 0 Å². The first-order chi connectivity index (χ1) is 9.69. The lowest BCUT2D eigenvalue weighted by Crippen LogP contribution is -2.26. The molecule has 110 valence electrons. The second-order valence-corrected chi connectivity index (χ2v) is 6.13. The number of methoxy groups -OCH3 is 1. The van der Waals surface area contributed by atoms with E-state index in [9.17, 15) is 0 Å². The van der Waals surface area contributed by atoms with E-state index in [1.165, 1.54) is 24.0 Å². The molecular formula is C18H27NO. The molecule has 0 amide bonds. The molecule has 2 heteroatoms. The molecule has 20 heavy (non-hydrogen) atoms. The Bertz CT molecular complexity index is 452. The first-order valence-electron chi connectivity index (χ1n) is 7.62. The van der Waals surface area contributed by atoms with E-state index in [4.69, 9.17) is 4.74 Å². The summed E-state index contributed by atoms with van der Waals surface area (Å²) in [6, 6.07) is 8.52. The highest BCUT2D eigenvalue weighted by atomic mass is 16.5. The third-order valence-corrected chi connectivity index (χ3v) is 4.05. The van der Waals surface area contributed by atoms with E-state index in [0.717, 1.165) is 24.9 Å². The maximum absolute atomic E-state index is 5.26. The minimum Gasteiger partial charge on any atom is -0.380 e. The minimum absolute atomic E-state index is 0.695. The van der Waals surface area contributed by atoms with Crippen LogP contribution in [0.4, 0.5) is 0 Å². The summed E-state index contributed by atoms with van der Waals surface area (Å²) in [4.78, 5) is 0. The van der Waals surface area contributed by atoms with Crippen LogP contribution >= 0.6 is 0 Å². The normalized spacial score (nSPS) is 22.6. The first kappa shape index (κ1) is 15.3. The summed E-state index contributed by atoms with van der Waals surface area (Å²) in [7, 11) is 1.75. The van der Waals surface area contributed by atoms with Crippen molar-refractivity contribution >= 4 is 0 Å². The predicted molar refractivity (Wildman–Crippen MR) is 84.5 cm³/mol. The van der Waals surface area contributed by atoms with E-state index in [-0.39, 0.29) is 0 Å². The number of hydrogen-bond donors (Lipinski definition) is 1. The van der Waals surface area contributed by atoms with E-state index in [2.05, 4.69) is 49.5 Å². The fourth-order valence-corrected chi connectivity index (χ4v) is 3.28. The van der Waals surface area contributed by atoms with Gasteiger partial charge in [-0.1, -0.05) is 42.8 Å². The molecule has 1 aliphatic rings. The van der Waals surface area contributed by atoms with Crippen LogP contribution in [0.25, 0.3) is 0 Å². The molecule has 0 aliphatic heterocycles. The van der Waals surface area contributed by atoms with Crippen LogP contribution in [0, 0.1) is 11.8 Å². The van der Waals surface area contributed by atoms with E-state index in [1.54, 1.807) is 12.7 Å².